The van der Waals surface area contributed by atoms with Gasteiger partial charge in [0, 0.05) is 6.54 Å². The highest BCUT2D eigenvalue weighted by Crippen LogP contribution is 2.59. The Morgan fingerprint density at radius 2 is 1.81 bits per heavy atom. The Bertz CT molecular complexity index is 1410. The second-order valence-electron chi connectivity index (χ2n) is 9.57. The van der Waals surface area contributed by atoms with Gasteiger partial charge in [-0.15, -0.1) is 0 Å². The average molecular weight is 557 g/mol. The summed E-state index contributed by atoms with van der Waals surface area (Å²) in [6, 6.07) is 4.42. The van der Waals surface area contributed by atoms with Crippen molar-refractivity contribution < 1.29 is 31.2 Å². The molecule has 15 heteroatoms. The number of alkyl halides is 3. The smallest absolute Gasteiger partial charge is 0.336 e. The van der Waals surface area contributed by atoms with Gasteiger partial charge in [0.15, 0.2) is 9.84 Å². The number of amides is 2. The number of sulfone groups is 1. The number of benzene rings is 1. The molecule has 5 rings (SSSR count). The summed E-state index contributed by atoms with van der Waals surface area (Å²) in [6.07, 6.45) is -2.60. The summed E-state index contributed by atoms with van der Waals surface area (Å²) >= 11 is 6.27. The van der Waals surface area contributed by atoms with Crippen LogP contribution >= 0.6 is 11.6 Å². The zero-order valence-corrected chi connectivity index (χ0v) is 20.6. The van der Waals surface area contributed by atoms with E-state index in [2.05, 4.69) is 15.5 Å². The minimum atomic E-state index is -4.84. The van der Waals surface area contributed by atoms with Crippen LogP contribution in [0.1, 0.15) is 32.1 Å². The summed E-state index contributed by atoms with van der Waals surface area (Å²) in [5.74, 6) is -2.18. The standard InChI is InChI=1S/C22H20ClF3N6O4S/c23-15-9-13(32-28-7-8-29-32)1-2-17(15)37(35,36)14-10-16(18(33)30-20(12-27)3-4-20)31(11-14)19(34)21(5-6-21)22(24,25)26/h1-2,7-9,14,16H,3-6,10-11H2,(H,30,33)/t14-,16+/m1/s1. The lowest BCUT2D eigenvalue weighted by molar-refractivity contribution is -0.199. The van der Waals surface area contributed by atoms with Crippen molar-refractivity contribution in [2.24, 2.45) is 5.41 Å². The summed E-state index contributed by atoms with van der Waals surface area (Å²) < 4.78 is 68.3. The van der Waals surface area contributed by atoms with Gasteiger partial charge in [-0.25, -0.2) is 8.42 Å². The van der Waals surface area contributed by atoms with Gasteiger partial charge in [-0.1, -0.05) is 11.6 Å². The molecule has 2 heterocycles. The normalized spacial score (nSPS) is 23.8. The first-order valence-corrected chi connectivity index (χ1v) is 13.3. The Kier molecular flexibility index (Phi) is 5.80. The Labute approximate surface area is 214 Å². The summed E-state index contributed by atoms with van der Waals surface area (Å²) in [5.41, 5.74) is -3.40. The number of aromatic nitrogens is 3. The third-order valence-electron chi connectivity index (χ3n) is 7.17. The second-order valence-corrected chi connectivity index (χ2v) is 12.2. The van der Waals surface area contributed by atoms with Gasteiger partial charge in [0.05, 0.1) is 39.3 Å². The molecule has 0 unspecified atom stereocenters. The molecule has 2 amide bonds. The van der Waals surface area contributed by atoms with Gasteiger partial charge < -0.3 is 10.2 Å². The molecule has 0 bridgehead atoms. The van der Waals surface area contributed by atoms with Crippen LogP contribution in [0.2, 0.25) is 5.02 Å². The highest BCUT2D eigenvalue weighted by Gasteiger charge is 2.70. The van der Waals surface area contributed by atoms with E-state index >= 15 is 0 Å². The van der Waals surface area contributed by atoms with E-state index in [0.29, 0.717) is 23.4 Å². The number of nitrogens with one attached hydrogen (secondary N) is 1. The monoisotopic (exact) mass is 556 g/mol. The molecule has 2 atom stereocenters. The molecular formula is C22H20ClF3N6O4S. The largest absolute Gasteiger partial charge is 0.403 e. The van der Waals surface area contributed by atoms with Crippen LogP contribution in [0.4, 0.5) is 13.2 Å². The van der Waals surface area contributed by atoms with Crippen LogP contribution in [0.3, 0.4) is 0 Å². The molecule has 196 valence electrons. The number of nitrogens with zero attached hydrogens (tertiary/aromatic N) is 5. The molecule has 2 saturated carbocycles. The highest BCUT2D eigenvalue weighted by atomic mass is 35.5. The van der Waals surface area contributed by atoms with Gasteiger partial charge in [-0.3, -0.25) is 9.59 Å². The van der Waals surface area contributed by atoms with Crippen molar-refractivity contribution in [2.75, 3.05) is 6.54 Å². The lowest BCUT2D eigenvalue weighted by Crippen LogP contribution is -2.53. The minimum Gasteiger partial charge on any atom is -0.336 e. The maximum atomic E-state index is 13.7. The second kappa shape index (κ2) is 8.42. The molecule has 1 saturated heterocycles. The number of hydrogen-bond donors (Lipinski definition) is 1. The third kappa shape index (κ3) is 4.23. The summed E-state index contributed by atoms with van der Waals surface area (Å²) in [7, 11) is -4.28. The summed E-state index contributed by atoms with van der Waals surface area (Å²) in [4.78, 5) is 27.8. The van der Waals surface area contributed by atoms with Gasteiger partial charge in [-0.05, 0) is 50.3 Å². The van der Waals surface area contributed by atoms with Crippen molar-refractivity contribution in [3.63, 3.8) is 0 Å². The quantitative estimate of drug-likeness (QED) is 0.575. The summed E-state index contributed by atoms with van der Waals surface area (Å²) in [6.45, 7) is -0.616. The fourth-order valence-electron chi connectivity index (χ4n) is 4.60. The number of carbonyl (C=O) groups excluding carboxylic acids is 2. The molecule has 1 N–H and O–H groups in total. The van der Waals surface area contributed by atoms with E-state index < -0.39 is 75.9 Å². The highest BCUT2D eigenvalue weighted by molar-refractivity contribution is 7.92. The number of rotatable bonds is 6. The Morgan fingerprint density at radius 3 is 2.32 bits per heavy atom. The van der Waals surface area contributed by atoms with E-state index in [1.165, 1.54) is 35.4 Å². The Morgan fingerprint density at radius 1 is 1.16 bits per heavy atom. The third-order valence-corrected chi connectivity index (χ3v) is 9.78. The lowest BCUT2D eigenvalue weighted by atomic mass is 10.0. The maximum Gasteiger partial charge on any atom is 0.403 e. The van der Waals surface area contributed by atoms with Crippen molar-refractivity contribution in [3.8, 4) is 11.8 Å². The predicted molar refractivity (Wildman–Crippen MR) is 121 cm³/mol. The van der Waals surface area contributed by atoms with Gasteiger partial charge in [0.25, 0.3) is 0 Å². The number of likely N-dealkylation sites (tertiary alicyclic amines) is 1. The molecule has 3 fully saturated rings. The number of hydrogen-bond acceptors (Lipinski definition) is 7. The van der Waals surface area contributed by atoms with E-state index in [0.717, 1.165) is 0 Å². The van der Waals surface area contributed by atoms with Crippen LogP contribution in [-0.2, 0) is 19.4 Å². The zero-order chi connectivity index (χ0) is 26.8. The number of halogens is 4. The molecule has 0 radical (unpaired) electrons. The summed E-state index contributed by atoms with van der Waals surface area (Å²) in [5, 5.41) is 18.1. The molecule has 0 spiro atoms. The maximum absolute atomic E-state index is 13.7. The van der Waals surface area contributed by atoms with Crippen LogP contribution in [0.25, 0.3) is 5.69 Å². The molecule has 1 aromatic heterocycles. The molecule has 1 aliphatic heterocycles. The van der Waals surface area contributed by atoms with Gasteiger partial charge in [-0.2, -0.15) is 33.4 Å². The number of nitriles is 1. The van der Waals surface area contributed by atoms with E-state index in [1.54, 1.807) is 0 Å². The van der Waals surface area contributed by atoms with Gasteiger partial charge in [0.2, 0.25) is 11.8 Å². The van der Waals surface area contributed by atoms with Crippen LogP contribution in [-0.4, -0.2) is 69.7 Å². The average Bonchev–Trinajstić information content (AvgIpc) is 3.69. The SMILES string of the molecule is N#CC1(NC(=O)[C@@H]2C[C@@H](S(=O)(=O)c3ccc(-n4nccn4)cc3Cl)CN2C(=O)C2(C(F)(F)F)CC2)CC1. The van der Waals surface area contributed by atoms with Crippen LogP contribution < -0.4 is 5.32 Å². The molecule has 1 aromatic carbocycles. The predicted octanol–water partition coefficient (Wildman–Crippen LogP) is 2.18. The van der Waals surface area contributed by atoms with Crippen molar-refractivity contribution in [1.29, 1.82) is 5.26 Å². The van der Waals surface area contributed by atoms with E-state index in [-0.39, 0.29) is 9.92 Å². The number of carbonyl (C=O) groups is 2. The molecule has 10 nitrogen and oxygen atoms in total. The van der Waals surface area contributed by atoms with E-state index in [9.17, 15) is 36.4 Å². The fourth-order valence-corrected chi connectivity index (χ4v) is 6.83. The molecule has 37 heavy (non-hydrogen) atoms. The van der Waals surface area contributed by atoms with E-state index in [1.807, 2.05) is 6.07 Å². The first kappa shape index (κ1) is 25.5. The van der Waals surface area contributed by atoms with Crippen LogP contribution in [0.15, 0.2) is 35.5 Å². The first-order chi connectivity index (χ1) is 17.3. The molecule has 2 aromatic rings. The Hall–Kier alpha value is -3.18. The van der Waals surface area contributed by atoms with Crippen molar-refractivity contribution in [3.05, 3.63) is 35.6 Å². The van der Waals surface area contributed by atoms with Gasteiger partial charge in [0.1, 0.15) is 17.0 Å². The van der Waals surface area contributed by atoms with E-state index in [4.69, 9.17) is 11.6 Å². The minimum absolute atomic E-state index is 0.170. The molecule has 3 aliphatic rings. The van der Waals surface area contributed by atoms with Crippen molar-refractivity contribution in [2.45, 2.75) is 60.0 Å². The van der Waals surface area contributed by atoms with Gasteiger partial charge >= 0.3 is 6.18 Å². The topological polar surface area (TPSA) is 138 Å². The van der Waals surface area contributed by atoms with Crippen molar-refractivity contribution in [1.82, 2.24) is 25.2 Å². The molecular weight excluding hydrogens is 537 g/mol. The zero-order valence-electron chi connectivity index (χ0n) is 19.1. The van der Waals surface area contributed by atoms with Crippen LogP contribution in [0, 0.1) is 16.7 Å². The van der Waals surface area contributed by atoms with Crippen molar-refractivity contribution >= 4 is 33.3 Å². The first-order valence-electron chi connectivity index (χ1n) is 11.3. The Balaban J connectivity index is 1.46. The van der Waals surface area contributed by atoms with Crippen LogP contribution in [0.5, 0.6) is 0 Å². The lowest BCUT2D eigenvalue weighted by Gasteiger charge is -2.29. The molecule has 2 aliphatic carbocycles. The fraction of sp³-hybridized carbons (Fsp3) is 0.500.